The largest absolute Gasteiger partial charge is 0.396 e. The van der Waals surface area contributed by atoms with Crippen LogP contribution in [0.4, 0.5) is 0 Å². The van der Waals surface area contributed by atoms with E-state index in [1.165, 1.54) is 0 Å². The normalized spacial score (nSPS) is 50.6. The van der Waals surface area contributed by atoms with Gasteiger partial charge in [-0.25, -0.2) is 0 Å². The summed E-state index contributed by atoms with van der Waals surface area (Å²) in [5, 5.41) is 188. The smallest absolute Gasteiger partial charge is 0.217 e. The topological polar surface area (TPSA) is 456 Å². The van der Waals surface area contributed by atoms with E-state index in [0.717, 1.165) is 6.92 Å². The minimum Gasteiger partial charge on any atom is -0.396 e. The molecule has 14 unspecified atom stereocenters. The molecule has 2 aliphatic carbocycles. The van der Waals surface area contributed by atoms with Crippen LogP contribution < -0.4 is 5.32 Å². The number of carbonyl (C=O) groups is 1. The molecule has 28 heteroatoms. The van der Waals surface area contributed by atoms with Crippen molar-refractivity contribution in [2.75, 3.05) is 33.0 Å². The Balaban J connectivity index is 1.23. The van der Waals surface area contributed by atoms with Gasteiger partial charge in [0.1, 0.15) is 122 Å². The van der Waals surface area contributed by atoms with Crippen molar-refractivity contribution in [1.82, 2.24) is 5.32 Å². The van der Waals surface area contributed by atoms with E-state index in [0.29, 0.717) is 0 Å². The fourth-order valence-electron chi connectivity index (χ4n) is 10.5. The zero-order valence-corrected chi connectivity index (χ0v) is 40.5. The Labute approximate surface area is 414 Å². The summed E-state index contributed by atoms with van der Waals surface area (Å²) in [6, 6.07) is -1.72. The van der Waals surface area contributed by atoms with Crippen molar-refractivity contribution in [3.05, 3.63) is 0 Å². The third-order valence-corrected chi connectivity index (χ3v) is 14.7. The molecule has 72 heavy (non-hydrogen) atoms. The molecule has 0 aromatic carbocycles. The van der Waals surface area contributed by atoms with Crippen molar-refractivity contribution < 1.29 is 134 Å². The predicted molar refractivity (Wildman–Crippen MR) is 233 cm³/mol. The van der Waals surface area contributed by atoms with E-state index in [1.807, 2.05) is 0 Å². The average molecular weight is 1050 g/mol. The van der Waals surface area contributed by atoms with Gasteiger partial charge in [0.05, 0.1) is 56.9 Å². The molecule has 0 radical (unpaired) electrons. The molecule has 28 nitrogen and oxygen atoms in total. The second-order valence-corrected chi connectivity index (χ2v) is 20.9. The maximum absolute atomic E-state index is 12.8. The summed E-state index contributed by atoms with van der Waals surface area (Å²) in [5.74, 6) is -2.61. The van der Waals surface area contributed by atoms with Gasteiger partial charge in [0.25, 0.3) is 0 Å². The van der Waals surface area contributed by atoms with Gasteiger partial charge in [0, 0.05) is 19.4 Å². The summed E-state index contributed by atoms with van der Waals surface area (Å²) < 4.78 is 53.5. The summed E-state index contributed by atoms with van der Waals surface area (Å²) in [6.07, 6.45) is -46.0. The number of carbonyl (C=O) groups excluding carboxylic acids is 1. The maximum atomic E-state index is 12.8. The summed E-state index contributed by atoms with van der Waals surface area (Å²) in [4.78, 5) is 12.8. The van der Waals surface area contributed by atoms with Gasteiger partial charge < -0.3 is 135 Å². The third kappa shape index (κ3) is 12.4. The van der Waals surface area contributed by atoms with Crippen molar-refractivity contribution in [3.8, 4) is 0 Å². The minimum atomic E-state index is -2.13. The molecule has 6 fully saturated rings. The molecule has 30 atom stereocenters. The lowest BCUT2D eigenvalue weighted by Gasteiger charge is -2.51. The van der Waals surface area contributed by atoms with Crippen molar-refractivity contribution in [3.63, 3.8) is 0 Å². The van der Waals surface area contributed by atoms with Gasteiger partial charge >= 0.3 is 0 Å². The molecule has 6 aliphatic rings. The molecule has 1 amide bonds. The minimum absolute atomic E-state index is 0.0892. The molecule has 0 bridgehead atoms. The average Bonchev–Trinajstić information content (AvgIpc) is 3.33. The van der Waals surface area contributed by atoms with Crippen molar-refractivity contribution in [1.29, 1.82) is 0 Å². The van der Waals surface area contributed by atoms with Crippen molar-refractivity contribution in [2.24, 2.45) is 17.3 Å². The standard InChI is InChI=1S/C44H77NO27/c1-13-6-16(24(53)29(58)23(13)52)65-39-31(60)26(55)18(9-47)69-43(39)71-37-22(45-14(2)51)41(67-19(10-48)27(37)56)72-38-28(57)20(11-49)68-42(34(38)63)70-35-15(8-46)7-17(25(54)30(35)59)64-36-21(12-50)66-40(44(3,4)5)33(62)32(36)61/h13,15-43,46-50,52-63H,6-12H2,1-5H3,(H,45,51)/t13?,15?,16?,17-,18?,19?,20?,21?,22?,23+,24-,25?,26+,27+,28+,29?,30-,31+,32-,33?,34?,35+,36+,37-,38+,39?,40?,41+,42+,43+/m1/s1. The maximum Gasteiger partial charge on any atom is 0.217 e. The van der Waals surface area contributed by atoms with Crippen LogP contribution >= 0.6 is 0 Å². The Hall–Kier alpha value is -1.57. The van der Waals surface area contributed by atoms with Gasteiger partial charge in [-0.1, -0.05) is 27.7 Å². The van der Waals surface area contributed by atoms with E-state index in [-0.39, 0.29) is 12.8 Å². The van der Waals surface area contributed by atoms with Gasteiger partial charge in [-0.15, -0.1) is 0 Å². The number of aliphatic hydroxyl groups is 17. The Morgan fingerprint density at radius 2 is 0.931 bits per heavy atom. The van der Waals surface area contributed by atoms with Crippen molar-refractivity contribution in [2.45, 2.75) is 219 Å². The molecular weight excluding hydrogens is 974 g/mol. The van der Waals surface area contributed by atoms with Gasteiger partial charge in [-0.05, 0) is 24.2 Å². The van der Waals surface area contributed by atoms with Crippen LogP contribution in [0.2, 0.25) is 0 Å². The lowest BCUT2D eigenvalue weighted by molar-refractivity contribution is -0.377. The van der Waals surface area contributed by atoms with Crippen LogP contribution in [0, 0.1) is 17.3 Å². The number of aliphatic hydroxyl groups excluding tert-OH is 17. The van der Waals surface area contributed by atoms with Gasteiger partial charge in [-0.3, -0.25) is 4.79 Å². The number of ether oxygens (including phenoxy) is 9. The first-order valence-electron chi connectivity index (χ1n) is 24.2. The van der Waals surface area contributed by atoms with Crippen molar-refractivity contribution >= 4 is 5.91 Å². The van der Waals surface area contributed by atoms with E-state index in [1.54, 1.807) is 27.7 Å². The first-order valence-corrected chi connectivity index (χ1v) is 24.2. The fraction of sp³-hybridized carbons (Fsp3) is 0.977. The van der Waals surface area contributed by atoms with E-state index in [4.69, 9.17) is 42.6 Å². The van der Waals surface area contributed by atoms with Crippen LogP contribution in [0.5, 0.6) is 0 Å². The highest BCUT2D eigenvalue weighted by Crippen LogP contribution is 2.40. The first kappa shape index (κ1) is 59.7. The van der Waals surface area contributed by atoms with Crippen LogP contribution in [-0.4, -0.2) is 297 Å². The molecule has 0 aromatic rings. The number of amides is 1. The molecule has 4 heterocycles. The Bertz CT molecular complexity index is 1700. The van der Waals surface area contributed by atoms with Crippen LogP contribution in [0.3, 0.4) is 0 Å². The van der Waals surface area contributed by atoms with E-state index in [2.05, 4.69) is 5.32 Å². The molecule has 2 saturated carbocycles. The van der Waals surface area contributed by atoms with E-state index < -0.39 is 228 Å². The zero-order chi connectivity index (χ0) is 53.4. The lowest BCUT2D eigenvalue weighted by atomic mass is 9.79. The Kier molecular flexibility index (Phi) is 20.6. The second-order valence-electron chi connectivity index (χ2n) is 20.9. The highest BCUT2D eigenvalue weighted by Gasteiger charge is 2.58. The Morgan fingerprint density at radius 3 is 1.50 bits per heavy atom. The number of hydrogen-bond acceptors (Lipinski definition) is 27. The summed E-state index contributed by atoms with van der Waals surface area (Å²) in [5.41, 5.74) is -0.683. The molecule has 18 N–H and O–H groups in total. The third-order valence-electron chi connectivity index (χ3n) is 14.7. The van der Waals surface area contributed by atoms with Crippen LogP contribution in [-0.2, 0) is 47.4 Å². The number of hydrogen-bond donors (Lipinski definition) is 18. The van der Waals surface area contributed by atoms with Crippen LogP contribution in [0.15, 0.2) is 0 Å². The second kappa shape index (κ2) is 24.8. The van der Waals surface area contributed by atoms with Gasteiger partial charge in [-0.2, -0.15) is 0 Å². The molecule has 6 rings (SSSR count). The number of rotatable bonds is 16. The van der Waals surface area contributed by atoms with E-state index >= 15 is 0 Å². The highest BCUT2D eigenvalue weighted by atomic mass is 16.8. The van der Waals surface area contributed by atoms with Gasteiger partial charge in [0.2, 0.25) is 5.91 Å². The summed E-state index contributed by atoms with van der Waals surface area (Å²) in [6.45, 7) is 3.59. The molecule has 4 aliphatic heterocycles. The highest BCUT2D eigenvalue weighted by molar-refractivity contribution is 5.73. The monoisotopic (exact) mass is 1050 g/mol. The number of nitrogens with one attached hydrogen (secondary N) is 1. The quantitative estimate of drug-likeness (QED) is 0.0682. The summed E-state index contributed by atoms with van der Waals surface area (Å²) in [7, 11) is 0. The fourth-order valence-corrected chi connectivity index (χ4v) is 10.5. The first-order chi connectivity index (χ1) is 33.8. The summed E-state index contributed by atoms with van der Waals surface area (Å²) >= 11 is 0. The molecule has 0 spiro atoms. The molecule has 4 saturated heterocycles. The lowest BCUT2D eigenvalue weighted by Crippen LogP contribution is -2.70. The van der Waals surface area contributed by atoms with Gasteiger partial charge in [0.15, 0.2) is 18.9 Å². The molecular formula is C44H77NO27. The predicted octanol–water partition coefficient (Wildman–Crippen LogP) is -9.51. The SMILES string of the molecule is CC(=O)NC1[C@H](O[C@@H]2C(O)[C@H](O[C@H]3C(CO)C[C@@H](O[C@H]4C(CO)OC(C(C)(C)C)C(O)[C@H]4O)C(O)[C@H]3O)OC(CO)[C@@H]2O)OC(CO)[C@H](O)[C@@H]1O[C@@H]1OC(CO)[C@H](O)[C@H](O)C1OC1CC(C)[C@H](O)C(O)[C@@H]1O. The van der Waals surface area contributed by atoms with Crippen LogP contribution in [0.1, 0.15) is 47.5 Å². The molecule has 420 valence electrons. The van der Waals surface area contributed by atoms with E-state index in [9.17, 15) is 91.6 Å². The molecule has 0 aromatic heterocycles. The Morgan fingerprint density at radius 1 is 0.458 bits per heavy atom. The zero-order valence-electron chi connectivity index (χ0n) is 40.5. The van der Waals surface area contributed by atoms with Crippen LogP contribution in [0.25, 0.3) is 0 Å².